The van der Waals surface area contributed by atoms with Gasteiger partial charge in [0.15, 0.2) is 0 Å². The van der Waals surface area contributed by atoms with Gasteiger partial charge < -0.3 is 10.6 Å². The Bertz CT molecular complexity index is 565. The second-order valence-corrected chi connectivity index (χ2v) is 5.90. The first-order chi connectivity index (χ1) is 10.2. The van der Waals surface area contributed by atoms with Crippen molar-refractivity contribution in [1.29, 1.82) is 0 Å². The van der Waals surface area contributed by atoms with E-state index < -0.39 is 0 Å². The van der Waals surface area contributed by atoms with E-state index >= 15 is 0 Å². The number of hydrogen-bond donors (Lipinski definition) is 1. The minimum Gasteiger partial charge on any atom is -0.399 e. The summed E-state index contributed by atoms with van der Waals surface area (Å²) in [7, 11) is 2.20. The summed E-state index contributed by atoms with van der Waals surface area (Å²) in [6.07, 6.45) is 0. The molecular formula is C18H23N3. The van der Waals surface area contributed by atoms with E-state index in [0.29, 0.717) is 6.04 Å². The van der Waals surface area contributed by atoms with E-state index in [4.69, 9.17) is 5.73 Å². The maximum atomic E-state index is 5.78. The quantitative estimate of drug-likeness (QED) is 0.878. The summed E-state index contributed by atoms with van der Waals surface area (Å²) >= 11 is 0. The minimum atomic E-state index is 0.461. The second kappa shape index (κ2) is 6.29. The van der Waals surface area contributed by atoms with Crippen LogP contribution in [0.2, 0.25) is 0 Å². The van der Waals surface area contributed by atoms with Gasteiger partial charge in [-0.1, -0.05) is 42.5 Å². The van der Waals surface area contributed by atoms with Crippen LogP contribution in [-0.2, 0) is 6.54 Å². The lowest BCUT2D eigenvalue weighted by Crippen LogP contribution is -2.46. The van der Waals surface area contributed by atoms with E-state index in [1.54, 1.807) is 0 Å². The van der Waals surface area contributed by atoms with Crippen molar-refractivity contribution in [1.82, 2.24) is 9.80 Å². The van der Waals surface area contributed by atoms with Crippen molar-refractivity contribution in [2.45, 2.75) is 12.6 Å². The van der Waals surface area contributed by atoms with Crippen LogP contribution in [0.3, 0.4) is 0 Å². The molecule has 1 heterocycles. The highest BCUT2D eigenvalue weighted by Gasteiger charge is 2.26. The highest BCUT2D eigenvalue weighted by atomic mass is 15.3. The van der Waals surface area contributed by atoms with Crippen molar-refractivity contribution < 1.29 is 0 Å². The normalized spacial score (nSPS) is 20.5. The van der Waals surface area contributed by atoms with Crippen molar-refractivity contribution in [3.8, 4) is 0 Å². The van der Waals surface area contributed by atoms with E-state index in [1.165, 1.54) is 11.1 Å². The van der Waals surface area contributed by atoms with Gasteiger partial charge in [0.2, 0.25) is 0 Å². The van der Waals surface area contributed by atoms with Crippen molar-refractivity contribution in [3.63, 3.8) is 0 Å². The van der Waals surface area contributed by atoms with Crippen LogP contribution in [0.25, 0.3) is 0 Å². The fourth-order valence-electron chi connectivity index (χ4n) is 3.00. The van der Waals surface area contributed by atoms with Gasteiger partial charge in [0.1, 0.15) is 0 Å². The highest BCUT2D eigenvalue weighted by molar-refractivity contribution is 5.39. The Labute approximate surface area is 127 Å². The second-order valence-electron chi connectivity index (χ2n) is 5.90. The first kappa shape index (κ1) is 14.1. The van der Waals surface area contributed by atoms with Crippen LogP contribution in [0.1, 0.15) is 17.2 Å². The predicted octanol–water partition coefficient (Wildman–Crippen LogP) is 2.76. The molecule has 0 spiro atoms. The fourth-order valence-corrected chi connectivity index (χ4v) is 3.00. The summed E-state index contributed by atoms with van der Waals surface area (Å²) < 4.78 is 0. The molecule has 2 aromatic carbocycles. The Kier molecular flexibility index (Phi) is 4.23. The lowest BCUT2D eigenvalue weighted by molar-refractivity contribution is 0.0834. The summed E-state index contributed by atoms with van der Waals surface area (Å²) in [5.74, 6) is 0. The molecule has 3 rings (SSSR count). The third-order valence-corrected chi connectivity index (χ3v) is 4.24. The molecule has 21 heavy (non-hydrogen) atoms. The molecule has 0 saturated carbocycles. The van der Waals surface area contributed by atoms with Crippen LogP contribution in [-0.4, -0.2) is 36.5 Å². The third kappa shape index (κ3) is 3.43. The van der Waals surface area contributed by atoms with E-state index in [9.17, 15) is 0 Å². The average Bonchev–Trinajstić information content (AvgIpc) is 2.52. The summed E-state index contributed by atoms with van der Waals surface area (Å²) in [5.41, 5.74) is 9.34. The Balaban J connectivity index is 1.79. The number of rotatable bonds is 3. The van der Waals surface area contributed by atoms with Crippen LogP contribution in [0.4, 0.5) is 5.69 Å². The monoisotopic (exact) mass is 281 g/mol. The number of hydrogen-bond acceptors (Lipinski definition) is 3. The number of nitrogens with zero attached hydrogens (tertiary/aromatic N) is 2. The Morgan fingerprint density at radius 2 is 1.71 bits per heavy atom. The first-order valence-corrected chi connectivity index (χ1v) is 7.54. The van der Waals surface area contributed by atoms with Gasteiger partial charge in [0.25, 0.3) is 0 Å². The largest absolute Gasteiger partial charge is 0.399 e. The predicted molar refractivity (Wildman–Crippen MR) is 87.9 cm³/mol. The number of benzene rings is 2. The zero-order valence-corrected chi connectivity index (χ0v) is 12.6. The summed E-state index contributed by atoms with van der Waals surface area (Å²) in [6, 6.07) is 19.5. The van der Waals surface area contributed by atoms with Gasteiger partial charge in [-0.3, -0.25) is 4.90 Å². The number of nitrogen functional groups attached to an aromatic ring is 1. The van der Waals surface area contributed by atoms with Crippen LogP contribution in [0.5, 0.6) is 0 Å². The molecule has 3 nitrogen and oxygen atoms in total. The molecule has 0 amide bonds. The number of nitrogens with two attached hydrogens (primary N) is 1. The molecule has 1 atom stereocenters. The smallest absolute Gasteiger partial charge is 0.0479 e. The topological polar surface area (TPSA) is 32.5 Å². The van der Waals surface area contributed by atoms with Crippen molar-refractivity contribution in [2.24, 2.45) is 0 Å². The van der Waals surface area contributed by atoms with E-state index in [0.717, 1.165) is 31.9 Å². The van der Waals surface area contributed by atoms with Crippen molar-refractivity contribution >= 4 is 5.69 Å². The fraction of sp³-hybridized carbons (Fsp3) is 0.333. The van der Waals surface area contributed by atoms with Gasteiger partial charge in [-0.05, 0) is 30.3 Å². The van der Waals surface area contributed by atoms with Crippen LogP contribution < -0.4 is 5.73 Å². The molecule has 3 heteroatoms. The van der Waals surface area contributed by atoms with Gasteiger partial charge in [0, 0.05) is 37.9 Å². The van der Waals surface area contributed by atoms with E-state index in [-0.39, 0.29) is 0 Å². The molecule has 110 valence electrons. The standard InChI is InChI=1S/C18H23N3/c1-20-11-12-21(13-15-7-9-17(19)10-8-15)18(14-20)16-5-3-2-4-6-16/h2-10,18H,11-14,19H2,1H3. The van der Waals surface area contributed by atoms with Crippen molar-refractivity contribution in [2.75, 3.05) is 32.4 Å². The van der Waals surface area contributed by atoms with Gasteiger partial charge in [-0.25, -0.2) is 0 Å². The molecule has 1 unspecified atom stereocenters. The SMILES string of the molecule is CN1CCN(Cc2ccc(N)cc2)C(c2ccccc2)C1. The summed E-state index contributed by atoms with van der Waals surface area (Å²) in [5, 5.41) is 0. The van der Waals surface area contributed by atoms with E-state index in [2.05, 4.69) is 59.3 Å². The Morgan fingerprint density at radius 1 is 1.00 bits per heavy atom. The molecule has 0 bridgehead atoms. The molecule has 1 fully saturated rings. The Hall–Kier alpha value is -1.84. The van der Waals surface area contributed by atoms with Gasteiger partial charge in [-0.15, -0.1) is 0 Å². The number of piperazine rings is 1. The van der Waals surface area contributed by atoms with E-state index in [1.807, 2.05) is 12.1 Å². The molecule has 1 aliphatic rings. The molecule has 1 saturated heterocycles. The lowest BCUT2D eigenvalue weighted by atomic mass is 10.0. The lowest BCUT2D eigenvalue weighted by Gasteiger charge is -2.40. The van der Waals surface area contributed by atoms with Crippen LogP contribution >= 0.6 is 0 Å². The summed E-state index contributed by atoms with van der Waals surface area (Å²) in [6.45, 7) is 4.28. The molecule has 0 aromatic heterocycles. The summed E-state index contributed by atoms with van der Waals surface area (Å²) in [4.78, 5) is 4.98. The molecule has 0 radical (unpaired) electrons. The zero-order valence-electron chi connectivity index (χ0n) is 12.6. The van der Waals surface area contributed by atoms with Crippen LogP contribution in [0, 0.1) is 0 Å². The van der Waals surface area contributed by atoms with Crippen molar-refractivity contribution in [3.05, 3.63) is 65.7 Å². The van der Waals surface area contributed by atoms with Gasteiger partial charge in [-0.2, -0.15) is 0 Å². The molecule has 1 aliphatic heterocycles. The first-order valence-electron chi connectivity index (χ1n) is 7.54. The Morgan fingerprint density at radius 3 is 2.43 bits per heavy atom. The third-order valence-electron chi connectivity index (χ3n) is 4.24. The maximum Gasteiger partial charge on any atom is 0.0479 e. The van der Waals surface area contributed by atoms with Gasteiger partial charge in [0.05, 0.1) is 0 Å². The maximum absolute atomic E-state index is 5.78. The zero-order chi connectivity index (χ0) is 14.7. The molecule has 0 aliphatic carbocycles. The molecular weight excluding hydrogens is 258 g/mol. The molecule has 2 N–H and O–H groups in total. The number of anilines is 1. The number of likely N-dealkylation sites (N-methyl/N-ethyl adjacent to an activating group) is 1. The molecule has 2 aromatic rings. The van der Waals surface area contributed by atoms with Crippen LogP contribution in [0.15, 0.2) is 54.6 Å². The average molecular weight is 281 g/mol. The highest BCUT2D eigenvalue weighted by Crippen LogP contribution is 2.26. The minimum absolute atomic E-state index is 0.461. The van der Waals surface area contributed by atoms with Gasteiger partial charge >= 0.3 is 0 Å².